The van der Waals surface area contributed by atoms with Gasteiger partial charge in [-0.1, -0.05) is 32.9 Å². The molecule has 0 aliphatic carbocycles. The second kappa shape index (κ2) is 6.03. The summed E-state index contributed by atoms with van der Waals surface area (Å²) < 4.78 is 11.0. The maximum atomic E-state index is 5.93. The quantitative estimate of drug-likeness (QED) is 0.856. The van der Waals surface area contributed by atoms with Crippen molar-refractivity contribution in [2.24, 2.45) is 11.1 Å². The van der Waals surface area contributed by atoms with E-state index >= 15 is 0 Å². The zero-order chi connectivity index (χ0) is 12.9. The first kappa shape index (κ1) is 14.0. The number of benzene rings is 1. The molecule has 0 fully saturated rings. The summed E-state index contributed by atoms with van der Waals surface area (Å²) in [5, 5.41) is 0. The maximum Gasteiger partial charge on any atom is 0.120 e. The molecule has 1 atom stereocenters. The van der Waals surface area contributed by atoms with E-state index in [0.717, 1.165) is 11.3 Å². The van der Waals surface area contributed by atoms with Crippen molar-refractivity contribution < 1.29 is 9.47 Å². The molecule has 0 bridgehead atoms. The van der Waals surface area contributed by atoms with Crippen LogP contribution >= 0.6 is 0 Å². The fraction of sp³-hybridized carbons (Fsp3) is 0.571. The Kier molecular flexibility index (Phi) is 4.97. The van der Waals surface area contributed by atoms with Gasteiger partial charge in [-0.25, -0.2) is 0 Å². The zero-order valence-corrected chi connectivity index (χ0v) is 11.2. The molecule has 17 heavy (non-hydrogen) atoms. The van der Waals surface area contributed by atoms with Gasteiger partial charge in [-0.05, 0) is 17.7 Å². The Morgan fingerprint density at radius 1 is 1.29 bits per heavy atom. The van der Waals surface area contributed by atoms with E-state index in [-0.39, 0.29) is 11.5 Å². The first-order valence-electron chi connectivity index (χ1n) is 5.92. The predicted molar refractivity (Wildman–Crippen MR) is 70.1 cm³/mol. The van der Waals surface area contributed by atoms with Crippen molar-refractivity contribution in [1.29, 1.82) is 0 Å². The molecule has 96 valence electrons. The van der Waals surface area contributed by atoms with Crippen molar-refractivity contribution in [3.05, 3.63) is 29.8 Å². The predicted octanol–water partition coefficient (Wildman–Crippen LogP) is 2.59. The minimum Gasteiger partial charge on any atom is -0.489 e. The summed E-state index contributed by atoms with van der Waals surface area (Å²) in [6, 6.07) is 7.94. The number of rotatable bonds is 5. The lowest BCUT2D eigenvalue weighted by molar-refractivity contribution is 0.0938. The minimum atomic E-state index is 0.0142. The van der Waals surface area contributed by atoms with Crippen LogP contribution in [0, 0.1) is 5.41 Å². The van der Waals surface area contributed by atoms with Crippen LogP contribution in [-0.4, -0.2) is 19.8 Å². The molecule has 0 heterocycles. The third kappa shape index (κ3) is 4.36. The van der Waals surface area contributed by atoms with Crippen molar-refractivity contribution in [2.75, 3.05) is 13.7 Å². The summed E-state index contributed by atoms with van der Waals surface area (Å²) in [6.45, 7) is 7.49. The van der Waals surface area contributed by atoms with E-state index in [1.54, 1.807) is 7.11 Å². The Balaban J connectivity index is 2.76. The van der Waals surface area contributed by atoms with Crippen LogP contribution in [0.2, 0.25) is 0 Å². The van der Waals surface area contributed by atoms with Crippen molar-refractivity contribution in [1.82, 2.24) is 0 Å². The maximum absolute atomic E-state index is 5.93. The topological polar surface area (TPSA) is 44.5 Å². The fourth-order valence-corrected chi connectivity index (χ4v) is 1.62. The minimum absolute atomic E-state index is 0.0142. The Morgan fingerprint density at radius 3 is 2.53 bits per heavy atom. The summed E-state index contributed by atoms with van der Waals surface area (Å²) >= 11 is 0. The van der Waals surface area contributed by atoms with Crippen molar-refractivity contribution in [2.45, 2.75) is 33.5 Å². The zero-order valence-electron chi connectivity index (χ0n) is 11.2. The third-order valence-corrected chi connectivity index (χ3v) is 2.67. The largest absolute Gasteiger partial charge is 0.489 e. The molecule has 3 heteroatoms. The smallest absolute Gasteiger partial charge is 0.120 e. The third-order valence-electron chi connectivity index (χ3n) is 2.67. The van der Waals surface area contributed by atoms with Crippen LogP contribution in [0.25, 0.3) is 0 Å². The highest BCUT2D eigenvalue weighted by Gasteiger charge is 2.25. The van der Waals surface area contributed by atoms with Crippen LogP contribution in [0.15, 0.2) is 24.3 Å². The second-order valence-electron chi connectivity index (χ2n) is 5.29. The number of hydrogen-bond donors (Lipinski definition) is 1. The van der Waals surface area contributed by atoms with Gasteiger partial charge in [0.25, 0.3) is 0 Å². The summed E-state index contributed by atoms with van der Waals surface area (Å²) in [7, 11) is 1.69. The summed E-state index contributed by atoms with van der Waals surface area (Å²) in [6.07, 6.45) is 0.0142. The van der Waals surface area contributed by atoms with E-state index in [4.69, 9.17) is 15.2 Å². The summed E-state index contributed by atoms with van der Waals surface area (Å²) in [5.41, 5.74) is 6.89. The SMILES string of the molecule is COCc1cccc(OC(CN)C(C)(C)C)c1. The highest BCUT2D eigenvalue weighted by Crippen LogP contribution is 2.24. The van der Waals surface area contributed by atoms with E-state index in [0.29, 0.717) is 13.2 Å². The molecule has 3 nitrogen and oxygen atoms in total. The highest BCUT2D eigenvalue weighted by molar-refractivity contribution is 5.28. The lowest BCUT2D eigenvalue weighted by atomic mass is 9.89. The summed E-state index contributed by atoms with van der Waals surface area (Å²) in [4.78, 5) is 0. The molecule has 0 radical (unpaired) electrons. The second-order valence-corrected chi connectivity index (χ2v) is 5.29. The fourth-order valence-electron chi connectivity index (χ4n) is 1.62. The molecule has 1 aromatic carbocycles. The van der Waals surface area contributed by atoms with Gasteiger partial charge in [-0.3, -0.25) is 0 Å². The number of ether oxygens (including phenoxy) is 2. The summed E-state index contributed by atoms with van der Waals surface area (Å²) in [5.74, 6) is 0.852. The van der Waals surface area contributed by atoms with Gasteiger partial charge in [0, 0.05) is 19.1 Å². The van der Waals surface area contributed by atoms with Crippen molar-refractivity contribution in [3.63, 3.8) is 0 Å². The number of nitrogens with two attached hydrogens (primary N) is 1. The molecule has 1 unspecified atom stereocenters. The van der Waals surface area contributed by atoms with Gasteiger partial charge in [-0.2, -0.15) is 0 Å². The van der Waals surface area contributed by atoms with Gasteiger partial charge in [0.1, 0.15) is 11.9 Å². The van der Waals surface area contributed by atoms with Gasteiger partial charge in [0.15, 0.2) is 0 Å². The van der Waals surface area contributed by atoms with E-state index in [2.05, 4.69) is 20.8 Å². The van der Waals surface area contributed by atoms with Crippen LogP contribution in [0.1, 0.15) is 26.3 Å². The van der Waals surface area contributed by atoms with Gasteiger partial charge >= 0.3 is 0 Å². The molecule has 2 N–H and O–H groups in total. The molecule has 0 saturated heterocycles. The van der Waals surface area contributed by atoms with Crippen LogP contribution < -0.4 is 10.5 Å². The molecule has 1 aromatic rings. The Labute approximate surface area is 104 Å². The van der Waals surface area contributed by atoms with Gasteiger partial charge in [0.05, 0.1) is 6.61 Å². The average Bonchev–Trinajstić information content (AvgIpc) is 2.25. The number of hydrogen-bond acceptors (Lipinski definition) is 3. The van der Waals surface area contributed by atoms with E-state index in [1.165, 1.54) is 0 Å². The molecule has 0 spiro atoms. The van der Waals surface area contributed by atoms with Crippen LogP contribution in [0.3, 0.4) is 0 Å². The molecule has 0 aliphatic rings. The lowest BCUT2D eigenvalue weighted by Gasteiger charge is -2.30. The van der Waals surface area contributed by atoms with Gasteiger partial charge in [0.2, 0.25) is 0 Å². The molecule has 1 rings (SSSR count). The van der Waals surface area contributed by atoms with Crippen molar-refractivity contribution >= 4 is 0 Å². The molecule has 0 saturated carbocycles. The van der Waals surface area contributed by atoms with Crippen LogP contribution in [0.5, 0.6) is 5.75 Å². The van der Waals surface area contributed by atoms with E-state index in [9.17, 15) is 0 Å². The van der Waals surface area contributed by atoms with Gasteiger partial charge in [-0.15, -0.1) is 0 Å². The van der Waals surface area contributed by atoms with E-state index in [1.807, 2.05) is 24.3 Å². The average molecular weight is 237 g/mol. The highest BCUT2D eigenvalue weighted by atomic mass is 16.5. The van der Waals surface area contributed by atoms with Crippen LogP contribution in [-0.2, 0) is 11.3 Å². The number of methoxy groups -OCH3 is 1. The Hall–Kier alpha value is -1.06. The van der Waals surface area contributed by atoms with E-state index < -0.39 is 0 Å². The lowest BCUT2D eigenvalue weighted by Crippen LogP contribution is -2.38. The molecular formula is C14H23NO2. The van der Waals surface area contributed by atoms with Crippen LogP contribution in [0.4, 0.5) is 0 Å². The molecular weight excluding hydrogens is 214 g/mol. The monoisotopic (exact) mass is 237 g/mol. The normalized spacial score (nSPS) is 13.5. The standard InChI is InChI=1S/C14H23NO2/c1-14(2,3)13(9-15)17-12-7-5-6-11(8-12)10-16-4/h5-8,13H,9-10,15H2,1-4H3. The van der Waals surface area contributed by atoms with Gasteiger partial charge < -0.3 is 15.2 Å². The molecule has 0 aromatic heterocycles. The Bertz CT molecular complexity index is 344. The Morgan fingerprint density at radius 2 is 2.00 bits per heavy atom. The van der Waals surface area contributed by atoms with Crippen molar-refractivity contribution in [3.8, 4) is 5.75 Å². The molecule has 0 amide bonds. The first-order valence-corrected chi connectivity index (χ1v) is 5.92. The molecule has 0 aliphatic heterocycles. The first-order chi connectivity index (χ1) is 7.97.